The highest BCUT2D eigenvalue weighted by Crippen LogP contribution is 2.59. The fourth-order valence-corrected chi connectivity index (χ4v) is 2.51. The monoisotopic (exact) mass is 204 g/mol. The molecule has 0 aromatic heterocycles. The first-order valence-corrected chi connectivity index (χ1v) is 5.64. The van der Waals surface area contributed by atoms with Crippen LogP contribution in [0.5, 0.6) is 5.75 Å². The van der Waals surface area contributed by atoms with E-state index < -0.39 is 0 Å². The summed E-state index contributed by atoms with van der Waals surface area (Å²) >= 11 is 0. The first-order valence-electron chi connectivity index (χ1n) is 5.64. The van der Waals surface area contributed by atoms with E-state index in [2.05, 4.69) is 45.0 Å². The molecule has 1 heteroatoms. The first kappa shape index (κ1) is 10.5. The minimum atomic E-state index is 0.363. The van der Waals surface area contributed by atoms with Gasteiger partial charge >= 0.3 is 0 Å². The van der Waals surface area contributed by atoms with Crippen LogP contribution in [0.1, 0.15) is 39.2 Å². The van der Waals surface area contributed by atoms with Gasteiger partial charge in [0.15, 0.2) is 0 Å². The maximum Gasteiger partial charge on any atom is 0.118 e. The Labute approximate surface area is 92.5 Å². The van der Waals surface area contributed by atoms with E-state index >= 15 is 0 Å². The van der Waals surface area contributed by atoms with E-state index in [9.17, 15) is 0 Å². The molecule has 0 saturated heterocycles. The van der Waals surface area contributed by atoms with Crippen molar-refractivity contribution >= 4 is 0 Å². The van der Waals surface area contributed by atoms with Gasteiger partial charge < -0.3 is 4.74 Å². The summed E-state index contributed by atoms with van der Waals surface area (Å²) in [5.74, 6) is 0.948. The van der Waals surface area contributed by atoms with Gasteiger partial charge in [0.05, 0.1) is 7.11 Å². The van der Waals surface area contributed by atoms with Crippen LogP contribution >= 0.6 is 0 Å². The molecular weight excluding hydrogens is 184 g/mol. The molecule has 15 heavy (non-hydrogen) atoms. The number of hydrogen-bond donors (Lipinski definition) is 0. The molecule has 0 radical (unpaired) electrons. The smallest absolute Gasteiger partial charge is 0.118 e. The largest absolute Gasteiger partial charge is 0.497 e. The van der Waals surface area contributed by atoms with E-state index in [1.807, 2.05) is 0 Å². The quantitative estimate of drug-likeness (QED) is 0.712. The van der Waals surface area contributed by atoms with Crippen LogP contribution < -0.4 is 4.74 Å². The van der Waals surface area contributed by atoms with E-state index in [1.165, 1.54) is 18.4 Å². The highest BCUT2D eigenvalue weighted by atomic mass is 16.5. The van der Waals surface area contributed by atoms with Crippen molar-refractivity contribution in [3.05, 3.63) is 29.8 Å². The van der Waals surface area contributed by atoms with Gasteiger partial charge in [0.2, 0.25) is 0 Å². The molecule has 1 aliphatic rings. The van der Waals surface area contributed by atoms with Gasteiger partial charge in [0, 0.05) is 5.41 Å². The van der Waals surface area contributed by atoms with Crippen LogP contribution in [0.3, 0.4) is 0 Å². The molecule has 82 valence electrons. The van der Waals surface area contributed by atoms with Crippen LogP contribution in [-0.2, 0) is 5.41 Å². The second-order valence-corrected chi connectivity index (χ2v) is 5.56. The Balaban J connectivity index is 2.30. The van der Waals surface area contributed by atoms with Gasteiger partial charge in [-0.25, -0.2) is 0 Å². The Morgan fingerprint density at radius 1 is 1.07 bits per heavy atom. The zero-order valence-corrected chi connectivity index (χ0v) is 10.1. The Bertz CT molecular complexity index is 339. The van der Waals surface area contributed by atoms with Gasteiger partial charge in [-0.15, -0.1) is 0 Å². The average molecular weight is 204 g/mol. The summed E-state index contributed by atoms with van der Waals surface area (Å²) in [7, 11) is 1.71. The molecule has 0 spiro atoms. The maximum absolute atomic E-state index is 5.19. The molecule has 2 rings (SSSR count). The van der Waals surface area contributed by atoms with E-state index in [0.717, 1.165) is 5.75 Å². The molecule has 0 amide bonds. The van der Waals surface area contributed by atoms with Crippen molar-refractivity contribution in [3.63, 3.8) is 0 Å². The first-order chi connectivity index (χ1) is 6.99. The third-order valence-electron chi connectivity index (χ3n) is 3.83. The van der Waals surface area contributed by atoms with E-state index in [1.54, 1.807) is 7.11 Å². The molecule has 1 aromatic rings. The molecule has 1 aliphatic carbocycles. The predicted molar refractivity (Wildman–Crippen MR) is 63.4 cm³/mol. The SMILES string of the molecule is COc1ccc(C2(C(C)(C)C)CC2)cc1. The minimum Gasteiger partial charge on any atom is -0.497 e. The molecule has 0 aliphatic heterocycles. The summed E-state index contributed by atoms with van der Waals surface area (Å²) in [6, 6.07) is 8.58. The van der Waals surface area contributed by atoms with Crippen LogP contribution in [0.15, 0.2) is 24.3 Å². The van der Waals surface area contributed by atoms with Gasteiger partial charge in [-0.1, -0.05) is 32.9 Å². The van der Waals surface area contributed by atoms with Crippen LogP contribution in [-0.4, -0.2) is 7.11 Å². The molecular formula is C14H20O. The second kappa shape index (κ2) is 3.26. The number of ether oxygens (including phenoxy) is 1. The van der Waals surface area contributed by atoms with Gasteiger partial charge in [-0.3, -0.25) is 0 Å². The molecule has 1 aromatic carbocycles. The fourth-order valence-electron chi connectivity index (χ4n) is 2.51. The summed E-state index contributed by atoms with van der Waals surface area (Å²) in [6.07, 6.45) is 2.64. The van der Waals surface area contributed by atoms with E-state index in [4.69, 9.17) is 4.74 Å². The summed E-state index contributed by atoms with van der Waals surface area (Å²) in [5.41, 5.74) is 2.25. The zero-order chi connectivity index (χ0) is 11.1. The molecule has 0 bridgehead atoms. The van der Waals surface area contributed by atoms with E-state index in [-0.39, 0.29) is 0 Å². The Kier molecular flexibility index (Phi) is 2.29. The average Bonchev–Trinajstić information content (AvgIpc) is 2.98. The summed E-state index contributed by atoms with van der Waals surface area (Å²) < 4.78 is 5.19. The van der Waals surface area contributed by atoms with Gasteiger partial charge in [0.1, 0.15) is 5.75 Å². The highest BCUT2D eigenvalue weighted by molar-refractivity contribution is 5.37. The molecule has 0 N–H and O–H groups in total. The van der Waals surface area contributed by atoms with Crippen molar-refractivity contribution in [2.75, 3.05) is 7.11 Å². The third-order valence-corrected chi connectivity index (χ3v) is 3.83. The molecule has 0 heterocycles. The molecule has 0 unspecified atom stereocenters. The lowest BCUT2D eigenvalue weighted by Gasteiger charge is -2.31. The molecule has 1 nitrogen and oxygen atoms in total. The standard InChI is InChI=1S/C14H20O/c1-13(2,3)14(9-10-14)11-5-7-12(15-4)8-6-11/h5-8H,9-10H2,1-4H3. The lowest BCUT2D eigenvalue weighted by atomic mass is 9.73. The summed E-state index contributed by atoms with van der Waals surface area (Å²) in [5, 5.41) is 0. The van der Waals surface area contributed by atoms with Gasteiger partial charge in [0.25, 0.3) is 0 Å². The van der Waals surface area contributed by atoms with Crippen LogP contribution in [0.4, 0.5) is 0 Å². The van der Waals surface area contributed by atoms with Crippen molar-refractivity contribution in [3.8, 4) is 5.75 Å². The number of methoxy groups -OCH3 is 1. The van der Waals surface area contributed by atoms with Crippen molar-refractivity contribution in [2.45, 2.75) is 39.0 Å². The summed E-state index contributed by atoms with van der Waals surface area (Å²) in [4.78, 5) is 0. The van der Waals surface area contributed by atoms with Crippen molar-refractivity contribution in [1.29, 1.82) is 0 Å². The van der Waals surface area contributed by atoms with Crippen LogP contribution in [0, 0.1) is 5.41 Å². The number of hydrogen-bond acceptors (Lipinski definition) is 1. The van der Waals surface area contributed by atoms with Gasteiger partial charge in [-0.2, -0.15) is 0 Å². The number of benzene rings is 1. The number of rotatable bonds is 2. The normalized spacial score (nSPS) is 18.7. The lowest BCUT2D eigenvalue weighted by Crippen LogP contribution is -2.25. The second-order valence-electron chi connectivity index (χ2n) is 5.56. The van der Waals surface area contributed by atoms with Crippen molar-refractivity contribution in [2.24, 2.45) is 5.41 Å². The molecule has 1 fully saturated rings. The predicted octanol–water partition coefficient (Wildman–Crippen LogP) is 3.77. The van der Waals surface area contributed by atoms with Crippen molar-refractivity contribution in [1.82, 2.24) is 0 Å². The maximum atomic E-state index is 5.19. The Morgan fingerprint density at radius 2 is 1.60 bits per heavy atom. The third kappa shape index (κ3) is 1.64. The molecule has 1 saturated carbocycles. The Hall–Kier alpha value is -0.980. The minimum absolute atomic E-state index is 0.363. The summed E-state index contributed by atoms with van der Waals surface area (Å²) in [6.45, 7) is 7.01. The topological polar surface area (TPSA) is 9.23 Å². The van der Waals surface area contributed by atoms with E-state index in [0.29, 0.717) is 10.8 Å². The van der Waals surface area contributed by atoms with Crippen LogP contribution in [0.2, 0.25) is 0 Å². The Morgan fingerprint density at radius 3 is 1.93 bits per heavy atom. The highest BCUT2D eigenvalue weighted by Gasteiger charge is 2.52. The fraction of sp³-hybridized carbons (Fsp3) is 0.571. The van der Waals surface area contributed by atoms with Crippen LogP contribution in [0.25, 0.3) is 0 Å². The van der Waals surface area contributed by atoms with Crippen molar-refractivity contribution < 1.29 is 4.74 Å². The lowest BCUT2D eigenvalue weighted by molar-refractivity contribution is 0.298. The van der Waals surface area contributed by atoms with Gasteiger partial charge in [-0.05, 0) is 36.0 Å². The molecule has 0 atom stereocenters. The zero-order valence-electron chi connectivity index (χ0n) is 10.1.